The molecule has 0 radical (unpaired) electrons. The number of H-pyrrole nitrogens is 1. The Kier molecular flexibility index (Phi) is 9.01. The smallest absolute Gasteiger partial charge is 0.338 e. The summed E-state index contributed by atoms with van der Waals surface area (Å²) in [6.07, 6.45) is 1.53. The molecule has 0 saturated heterocycles. The van der Waals surface area contributed by atoms with Crippen LogP contribution in [0.1, 0.15) is 36.7 Å². The van der Waals surface area contributed by atoms with Gasteiger partial charge in [-0.1, -0.05) is 23.1 Å². The number of fused-ring (bicyclic) bond motifs is 1. The van der Waals surface area contributed by atoms with E-state index in [1.807, 2.05) is 0 Å². The summed E-state index contributed by atoms with van der Waals surface area (Å²) in [6.45, 7) is 5.14. The molecule has 15 heteroatoms. The fourth-order valence-corrected chi connectivity index (χ4v) is 6.79. The average Bonchev–Trinajstić information content (AvgIpc) is 3.30. The van der Waals surface area contributed by atoms with Crippen LogP contribution in [0.25, 0.3) is 6.08 Å². The number of aromatic nitrogens is 3. The van der Waals surface area contributed by atoms with Crippen molar-refractivity contribution in [1.29, 1.82) is 0 Å². The van der Waals surface area contributed by atoms with Gasteiger partial charge in [0.05, 0.1) is 41.6 Å². The molecule has 0 spiro atoms. The van der Waals surface area contributed by atoms with E-state index >= 15 is 0 Å². The van der Waals surface area contributed by atoms with E-state index in [2.05, 4.69) is 15.0 Å². The first-order chi connectivity index (χ1) is 21.5. The molecule has 0 fully saturated rings. The number of methoxy groups -OCH3 is 2. The molecule has 1 aliphatic heterocycles. The summed E-state index contributed by atoms with van der Waals surface area (Å²) in [7, 11) is 2.99. The van der Waals surface area contributed by atoms with Gasteiger partial charge in [0.2, 0.25) is 0 Å². The molecule has 2 aromatic heterocycles. The quantitative estimate of drug-likeness (QED) is 0.123. The number of aromatic amines is 1. The molecule has 1 N–H and O–H groups in total. The van der Waals surface area contributed by atoms with Crippen LogP contribution in [-0.2, 0) is 9.53 Å². The minimum atomic E-state index is -0.955. The number of rotatable bonds is 9. The first kappa shape index (κ1) is 31.4. The summed E-state index contributed by atoms with van der Waals surface area (Å²) < 4.78 is 17.9. The highest BCUT2D eigenvalue weighted by Gasteiger charge is 2.35. The molecule has 0 saturated carbocycles. The molecule has 45 heavy (non-hydrogen) atoms. The van der Waals surface area contributed by atoms with Gasteiger partial charge in [0.25, 0.3) is 16.8 Å². The SMILES string of the molecule is CCOC(=O)C1=C(C)N=c2s/c(=C/c3cc([N+](=O)[O-])ccc3Sc3nc(C)cc(=O)[nH]3)c(=O)n2[C@H]1c1ccc(OC)cc1OC. The van der Waals surface area contributed by atoms with Crippen LogP contribution >= 0.6 is 23.1 Å². The number of non-ortho nitro benzene ring substituents is 1. The zero-order valence-corrected chi connectivity index (χ0v) is 26.4. The summed E-state index contributed by atoms with van der Waals surface area (Å²) >= 11 is 2.16. The van der Waals surface area contributed by atoms with Gasteiger partial charge in [-0.2, -0.15) is 0 Å². The number of hydrogen-bond donors (Lipinski definition) is 1. The van der Waals surface area contributed by atoms with Crippen molar-refractivity contribution in [1.82, 2.24) is 14.5 Å². The minimum absolute atomic E-state index is 0.112. The molecule has 1 aliphatic rings. The highest BCUT2D eigenvalue weighted by atomic mass is 32.2. The van der Waals surface area contributed by atoms with E-state index in [4.69, 9.17) is 14.2 Å². The van der Waals surface area contributed by atoms with Crippen LogP contribution < -0.4 is 29.9 Å². The molecule has 0 aliphatic carbocycles. The number of benzene rings is 2. The number of carbonyl (C=O) groups excluding carboxylic acids is 1. The fraction of sp³-hybridized carbons (Fsp3) is 0.233. The Labute approximate surface area is 263 Å². The van der Waals surface area contributed by atoms with Crippen LogP contribution in [0.4, 0.5) is 5.69 Å². The Bertz CT molecular complexity index is 2120. The Morgan fingerprint density at radius 3 is 2.60 bits per heavy atom. The second-order valence-electron chi connectivity index (χ2n) is 9.68. The summed E-state index contributed by atoms with van der Waals surface area (Å²) in [5, 5.41) is 11.9. The van der Waals surface area contributed by atoms with Gasteiger partial charge in [0.15, 0.2) is 9.96 Å². The third-order valence-electron chi connectivity index (χ3n) is 6.80. The van der Waals surface area contributed by atoms with Gasteiger partial charge < -0.3 is 19.2 Å². The van der Waals surface area contributed by atoms with Gasteiger partial charge in [-0.05, 0) is 50.6 Å². The number of ether oxygens (including phenoxy) is 3. The summed E-state index contributed by atoms with van der Waals surface area (Å²) in [4.78, 5) is 63.0. The molecule has 5 rings (SSSR count). The second-order valence-corrected chi connectivity index (χ2v) is 11.7. The number of carbonyl (C=O) groups is 1. The van der Waals surface area contributed by atoms with Gasteiger partial charge >= 0.3 is 5.97 Å². The predicted octanol–water partition coefficient (Wildman–Crippen LogP) is 3.27. The maximum Gasteiger partial charge on any atom is 0.338 e. The first-order valence-corrected chi connectivity index (χ1v) is 15.1. The van der Waals surface area contributed by atoms with Crippen molar-refractivity contribution in [3.05, 3.63) is 111 Å². The topological polar surface area (TPSA) is 168 Å². The Morgan fingerprint density at radius 1 is 1.16 bits per heavy atom. The highest BCUT2D eigenvalue weighted by Crippen LogP contribution is 2.38. The lowest BCUT2D eigenvalue weighted by Gasteiger charge is -2.26. The maximum atomic E-state index is 14.2. The number of thiazole rings is 1. The molecule has 1 atom stereocenters. The Morgan fingerprint density at radius 2 is 1.93 bits per heavy atom. The van der Waals surface area contributed by atoms with Gasteiger partial charge in [0.1, 0.15) is 17.5 Å². The van der Waals surface area contributed by atoms with E-state index in [9.17, 15) is 24.5 Å². The van der Waals surface area contributed by atoms with E-state index in [0.29, 0.717) is 43.7 Å². The number of nitrogens with one attached hydrogen (secondary N) is 1. The third-order valence-corrected chi connectivity index (χ3v) is 8.76. The van der Waals surface area contributed by atoms with Crippen molar-refractivity contribution >= 4 is 40.8 Å². The molecule has 0 bridgehead atoms. The Hall–Kier alpha value is -5.02. The van der Waals surface area contributed by atoms with E-state index < -0.39 is 22.5 Å². The number of aryl methyl sites for hydroxylation is 1. The summed E-state index contributed by atoms with van der Waals surface area (Å²) in [5.74, 6) is 0.261. The molecule has 2 aromatic carbocycles. The van der Waals surface area contributed by atoms with Crippen molar-refractivity contribution in [2.45, 2.75) is 36.9 Å². The average molecular weight is 650 g/mol. The largest absolute Gasteiger partial charge is 0.497 e. The minimum Gasteiger partial charge on any atom is -0.497 e. The number of nitrogens with zero attached hydrogens (tertiary/aromatic N) is 4. The number of hydrogen-bond acceptors (Lipinski definition) is 12. The lowest BCUT2D eigenvalue weighted by atomic mass is 9.95. The Balaban J connectivity index is 1.74. The predicted molar refractivity (Wildman–Crippen MR) is 167 cm³/mol. The summed E-state index contributed by atoms with van der Waals surface area (Å²) in [5.41, 5.74) is 0.868. The van der Waals surface area contributed by atoms with E-state index in [1.54, 1.807) is 39.0 Å². The molecule has 0 amide bonds. The van der Waals surface area contributed by atoms with Crippen LogP contribution in [0.2, 0.25) is 0 Å². The zero-order valence-electron chi connectivity index (χ0n) is 24.8. The first-order valence-electron chi connectivity index (χ1n) is 13.5. The molecule has 232 valence electrons. The van der Waals surface area contributed by atoms with Crippen molar-refractivity contribution in [2.75, 3.05) is 20.8 Å². The van der Waals surface area contributed by atoms with Gasteiger partial charge in [-0.3, -0.25) is 24.3 Å². The molecule has 13 nitrogen and oxygen atoms in total. The van der Waals surface area contributed by atoms with Crippen molar-refractivity contribution in [3.8, 4) is 11.5 Å². The molecule has 0 unspecified atom stereocenters. The van der Waals surface area contributed by atoms with E-state index in [0.717, 1.165) is 23.1 Å². The fourth-order valence-electron chi connectivity index (χ4n) is 4.83. The van der Waals surface area contributed by atoms with Crippen LogP contribution in [0.3, 0.4) is 0 Å². The molecule has 4 aromatic rings. The number of allylic oxidation sites excluding steroid dienone is 1. The number of nitro benzene ring substituents is 1. The van der Waals surface area contributed by atoms with Gasteiger partial charge in [0, 0.05) is 40.4 Å². The molecular weight excluding hydrogens is 622 g/mol. The number of esters is 1. The van der Waals surface area contributed by atoms with E-state index in [-0.39, 0.29) is 33.1 Å². The highest BCUT2D eigenvalue weighted by molar-refractivity contribution is 7.99. The van der Waals surface area contributed by atoms with Crippen molar-refractivity contribution < 1.29 is 23.9 Å². The van der Waals surface area contributed by atoms with Crippen LogP contribution in [0.5, 0.6) is 11.5 Å². The molecule has 3 heterocycles. The third kappa shape index (κ3) is 6.30. The maximum absolute atomic E-state index is 14.2. The lowest BCUT2D eigenvalue weighted by molar-refractivity contribution is -0.384. The normalized spacial score (nSPS) is 14.5. The van der Waals surface area contributed by atoms with Crippen LogP contribution in [-0.4, -0.2) is 46.3 Å². The zero-order chi connectivity index (χ0) is 32.4. The second kappa shape index (κ2) is 12.9. The lowest BCUT2D eigenvalue weighted by Crippen LogP contribution is -2.40. The van der Waals surface area contributed by atoms with E-state index in [1.165, 1.54) is 49.1 Å². The van der Waals surface area contributed by atoms with Gasteiger partial charge in [-0.15, -0.1) is 0 Å². The van der Waals surface area contributed by atoms with Crippen molar-refractivity contribution in [2.24, 2.45) is 4.99 Å². The standard InChI is InChI=1S/C30H27N5O8S2/c1-6-43-28(38)25-16(3)32-30-34(26(25)20-9-8-19(41-4)14-21(20)42-5)27(37)23(45-30)13-17-12-18(35(39)40)7-10-22(17)44-29-31-15(2)11-24(36)33-29/h7-14,26H,6H2,1-5H3,(H,31,33,36)/b23-13+/t26-/m0/s1. The number of nitro groups is 1. The van der Waals surface area contributed by atoms with Crippen LogP contribution in [0.15, 0.2) is 78.4 Å². The van der Waals surface area contributed by atoms with Crippen LogP contribution in [0, 0.1) is 17.0 Å². The van der Waals surface area contributed by atoms with Crippen molar-refractivity contribution in [3.63, 3.8) is 0 Å². The molecular formula is C30H27N5O8S2. The summed E-state index contributed by atoms with van der Waals surface area (Å²) in [6, 6.07) is 9.66. The van der Waals surface area contributed by atoms with Gasteiger partial charge in [-0.25, -0.2) is 14.8 Å². The monoisotopic (exact) mass is 649 g/mol.